The van der Waals surface area contributed by atoms with Gasteiger partial charge >= 0.3 is 0 Å². The number of nitrogens with zero attached hydrogens (tertiary/aromatic N) is 2. The van der Waals surface area contributed by atoms with Crippen LogP contribution in [0.25, 0.3) is 0 Å². The molecule has 0 aromatic heterocycles. The molecule has 2 rings (SSSR count). The fourth-order valence-corrected chi connectivity index (χ4v) is 3.26. The summed E-state index contributed by atoms with van der Waals surface area (Å²) in [6.45, 7) is 10.8. The summed E-state index contributed by atoms with van der Waals surface area (Å²) in [6.07, 6.45) is 2.08. The van der Waals surface area contributed by atoms with Gasteiger partial charge in [0.1, 0.15) is 5.54 Å². The van der Waals surface area contributed by atoms with E-state index in [0.29, 0.717) is 5.41 Å². The van der Waals surface area contributed by atoms with Crippen molar-refractivity contribution < 1.29 is 0 Å². The molecule has 3 heteroatoms. The second-order valence-corrected chi connectivity index (χ2v) is 6.85. The van der Waals surface area contributed by atoms with Crippen LogP contribution in [0.3, 0.4) is 0 Å². The maximum Gasteiger partial charge on any atom is 0.133 e. The van der Waals surface area contributed by atoms with Crippen LogP contribution in [-0.2, 0) is 5.54 Å². The van der Waals surface area contributed by atoms with Crippen LogP contribution in [-0.4, -0.2) is 31.1 Å². The molecule has 0 spiro atoms. The third kappa shape index (κ3) is 3.84. The highest BCUT2D eigenvalue weighted by Gasteiger charge is 2.34. The van der Waals surface area contributed by atoms with E-state index in [0.717, 1.165) is 38.2 Å². The lowest BCUT2D eigenvalue weighted by Gasteiger charge is -2.30. The zero-order valence-electron chi connectivity index (χ0n) is 13.5. The van der Waals surface area contributed by atoms with Gasteiger partial charge in [0, 0.05) is 13.1 Å². The Morgan fingerprint density at radius 1 is 1.33 bits per heavy atom. The van der Waals surface area contributed by atoms with Crippen LogP contribution in [0.4, 0.5) is 0 Å². The van der Waals surface area contributed by atoms with E-state index in [1.165, 1.54) is 6.42 Å². The maximum atomic E-state index is 9.81. The van der Waals surface area contributed by atoms with Crippen molar-refractivity contribution in [2.75, 3.05) is 26.2 Å². The standard InChI is InChI=1S/C18H27N3/c1-4-20-18(14-19,16-8-6-5-7-9-16)11-13-21-12-10-17(2,3)15-21/h5-9,20H,4,10-13,15H2,1-3H3. The average Bonchev–Trinajstić information content (AvgIpc) is 2.84. The largest absolute Gasteiger partial charge is 0.303 e. The lowest BCUT2D eigenvalue weighted by atomic mass is 9.87. The van der Waals surface area contributed by atoms with Crippen LogP contribution in [0.5, 0.6) is 0 Å². The minimum atomic E-state index is -0.567. The predicted octanol–water partition coefficient (Wildman–Crippen LogP) is 3.14. The van der Waals surface area contributed by atoms with Crippen LogP contribution in [0.15, 0.2) is 30.3 Å². The minimum absolute atomic E-state index is 0.417. The molecule has 0 saturated carbocycles. The molecular weight excluding hydrogens is 258 g/mol. The van der Waals surface area contributed by atoms with Crippen LogP contribution < -0.4 is 5.32 Å². The molecule has 1 N–H and O–H groups in total. The molecule has 0 amide bonds. The maximum absolute atomic E-state index is 9.81. The summed E-state index contributed by atoms with van der Waals surface area (Å²) in [5.74, 6) is 0. The summed E-state index contributed by atoms with van der Waals surface area (Å²) in [5.41, 5.74) is 0.927. The van der Waals surface area contributed by atoms with Gasteiger partial charge in [0.25, 0.3) is 0 Å². The summed E-state index contributed by atoms with van der Waals surface area (Å²) >= 11 is 0. The smallest absolute Gasteiger partial charge is 0.133 e. The van der Waals surface area contributed by atoms with Crippen LogP contribution >= 0.6 is 0 Å². The Labute approximate surface area is 129 Å². The van der Waals surface area contributed by atoms with Crippen molar-refractivity contribution >= 4 is 0 Å². The molecule has 1 fully saturated rings. The summed E-state index contributed by atoms with van der Waals surface area (Å²) in [4.78, 5) is 2.49. The third-order valence-corrected chi connectivity index (χ3v) is 4.50. The fraction of sp³-hybridized carbons (Fsp3) is 0.611. The number of hydrogen-bond donors (Lipinski definition) is 1. The SMILES string of the molecule is CCNC(C#N)(CCN1CCC(C)(C)C1)c1ccccc1. The van der Waals surface area contributed by atoms with Gasteiger partial charge in [0.05, 0.1) is 6.07 Å². The van der Waals surface area contributed by atoms with Crippen molar-refractivity contribution in [2.24, 2.45) is 5.41 Å². The second kappa shape index (κ2) is 6.60. The van der Waals surface area contributed by atoms with E-state index < -0.39 is 5.54 Å². The van der Waals surface area contributed by atoms with Crippen molar-refractivity contribution in [3.63, 3.8) is 0 Å². The van der Waals surface area contributed by atoms with Crippen molar-refractivity contribution in [3.8, 4) is 6.07 Å². The Balaban J connectivity index is 2.09. The van der Waals surface area contributed by atoms with Gasteiger partial charge in [0.2, 0.25) is 0 Å². The molecule has 21 heavy (non-hydrogen) atoms. The third-order valence-electron chi connectivity index (χ3n) is 4.50. The number of nitriles is 1. The molecule has 1 aliphatic rings. The first kappa shape index (κ1) is 16.0. The Bertz CT molecular complexity index is 489. The van der Waals surface area contributed by atoms with E-state index in [1.54, 1.807) is 0 Å². The Morgan fingerprint density at radius 3 is 2.57 bits per heavy atom. The molecule has 0 radical (unpaired) electrons. The molecule has 0 aliphatic carbocycles. The van der Waals surface area contributed by atoms with Crippen molar-refractivity contribution in [1.82, 2.24) is 10.2 Å². The van der Waals surface area contributed by atoms with Crippen molar-refractivity contribution in [3.05, 3.63) is 35.9 Å². The second-order valence-electron chi connectivity index (χ2n) is 6.85. The first-order valence-corrected chi connectivity index (χ1v) is 7.95. The molecule has 3 nitrogen and oxygen atoms in total. The van der Waals surface area contributed by atoms with E-state index in [9.17, 15) is 5.26 Å². The van der Waals surface area contributed by atoms with E-state index in [-0.39, 0.29) is 0 Å². The highest BCUT2D eigenvalue weighted by molar-refractivity contribution is 5.31. The predicted molar refractivity (Wildman–Crippen MR) is 86.9 cm³/mol. The molecule has 0 bridgehead atoms. The summed E-state index contributed by atoms with van der Waals surface area (Å²) < 4.78 is 0. The van der Waals surface area contributed by atoms with Gasteiger partial charge in [-0.15, -0.1) is 0 Å². The average molecular weight is 285 g/mol. The molecule has 1 aromatic carbocycles. The van der Waals surface area contributed by atoms with Crippen molar-refractivity contribution in [2.45, 2.75) is 39.2 Å². The lowest BCUT2D eigenvalue weighted by molar-refractivity contribution is 0.257. The molecule has 1 aromatic rings. The highest BCUT2D eigenvalue weighted by atomic mass is 15.2. The molecule has 1 atom stereocenters. The fourth-order valence-electron chi connectivity index (χ4n) is 3.26. The quantitative estimate of drug-likeness (QED) is 0.872. The van der Waals surface area contributed by atoms with Crippen LogP contribution in [0.2, 0.25) is 0 Å². The number of hydrogen-bond acceptors (Lipinski definition) is 3. The molecule has 114 valence electrons. The summed E-state index contributed by atoms with van der Waals surface area (Å²) in [5, 5.41) is 13.2. The Morgan fingerprint density at radius 2 is 2.05 bits per heavy atom. The monoisotopic (exact) mass is 285 g/mol. The zero-order valence-corrected chi connectivity index (χ0v) is 13.5. The normalized spacial score (nSPS) is 20.9. The Hall–Kier alpha value is -1.37. The van der Waals surface area contributed by atoms with Gasteiger partial charge in [-0.3, -0.25) is 5.32 Å². The topological polar surface area (TPSA) is 39.1 Å². The van der Waals surface area contributed by atoms with Gasteiger partial charge in [-0.05, 0) is 36.9 Å². The molecule has 1 saturated heterocycles. The van der Waals surface area contributed by atoms with Crippen molar-refractivity contribution in [1.29, 1.82) is 5.26 Å². The first-order valence-electron chi connectivity index (χ1n) is 7.95. The number of rotatable bonds is 6. The minimum Gasteiger partial charge on any atom is -0.303 e. The molecule has 1 aliphatic heterocycles. The number of benzene rings is 1. The number of likely N-dealkylation sites (tertiary alicyclic amines) is 1. The molecular formula is C18H27N3. The first-order chi connectivity index (χ1) is 10.0. The summed E-state index contributed by atoms with van der Waals surface area (Å²) in [7, 11) is 0. The van der Waals surface area contributed by atoms with Crippen LogP contribution in [0, 0.1) is 16.7 Å². The molecule has 1 unspecified atom stereocenters. The lowest BCUT2D eigenvalue weighted by Crippen LogP contribution is -2.43. The number of nitrogens with one attached hydrogen (secondary N) is 1. The van der Waals surface area contributed by atoms with Gasteiger partial charge in [-0.25, -0.2) is 0 Å². The highest BCUT2D eigenvalue weighted by Crippen LogP contribution is 2.31. The van der Waals surface area contributed by atoms with Gasteiger partial charge in [0.15, 0.2) is 0 Å². The van der Waals surface area contributed by atoms with E-state index in [4.69, 9.17) is 0 Å². The van der Waals surface area contributed by atoms with E-state index in [1.807, 2.05) is 18.2 Å². The van der Waals surface area contributed by atoms with E-state index in [2.05, 4.69) is 49.2 Å². The van der Waals surface area contributed by atoms with Crippen LogP contribution in [0.1, 0.15) is 39.2 Å². The summed E-state index contributed by atoms with van der Waals surface area (Å²) in [6, 6.07) is 12.7. The molecule has 1 heterocycles. The van der Waals surface area contributed by atoms with E-state index >= 15 is 0 Å². The van der Waals surface area contributed by atoms with Gasteiger partial charge in [-0.2, -0.15) is 5.26 Å². The Kier molecular flexibility index (Phi) is 5.03. The van der Waals surface area contributed by atoms with Gasteiger partial charge in [-0.1, -0.05) is 51.1 Å². The van der Waals surface area contributed by atoms with Gasteiger partial charge < -0.3 is 4.90 Å². The zero-order chi connectivity index (χ0) is 15.3.